The monoisotopic (exact) mass is 296 g/mol. The zero-order valence-corrected chi connectivity index (χ0v) is 12.3. The first-order valence-electron chi connectivity index (χ1n) is 7.81. The minimum atomic E-state index is -0.0329. The third kappa shape index (κ3) is 2.37. The molecule has 0 saturated carbocycles. The van der Waals surface area contributed by atoms with E-state index in [0.717, 1.165) is 24.1 Å². The van der Waals surface area contributed by atoms with Crippen molar-refractivity contribution in [1.82, 2.24) is 15.6 Å². The molecule has 2 saturated heterocycles. The number of carbonyl (C=O) groups excluding carboxylic acids is 1. The summed E-state index contributed by atoms with van der Waals surface area (Å²) in [7, 11) is 0. The minimum absolute atomic E-state index is 0.0329. The molecule has 2 fully saturated rings. The molecule has 2 bridgehead atoms. The lowest BCUT2D eigenvalue weighted by Gasteiger charge is -2.21. The highest BCUT2D eigenvalue weighted by atomic mass is 16.2. The molecule has 0 spiro atoms. The summed E-state index contributed by atoms with van der Waals surface area (Å²) in [5.74, 6) is -0.0329. The molecule has 2 aliphatic heterocycles. The van der Waals surface area contributed by atoms with Crippen LogP contribution in [0.2, 0.25) is 0 Å². The Morgan fingerprint density at radius 1 is 1.23 bits per heavy atom. The number of fused-ring (bicyclic) bond motifs is 2. The van der Waals surface area contributed by atoms with Gasteiger partial charge in [-0.2, -0.15) is 0 Å². The van der Waals surface area contributed by atoms with E-state index in [1.165, 1.54) is 6.42 Å². The topological polar surface area (TPSA) is 82.9 Å². The third-order valence-corrected chi connectivity index (χ3v) is 4.74. The molecule has 5 N–H and O–H groups in total. The molecule has 3 heterocycles. The second kappa shape index (κ2) is 5.18. The van der Waals surface area contributed by atoms with Gasteiger partial charge in [0.1, 0.15) is 5.69 Å². The highest BCUT2D eigenvalue weighted by Crippen LogP contribution is 2.28. The molecule has 4 rings (SSSR count). The number of aromatic amines is 1. The SMILES string of the molecule is Nc1cccc(-c2ccc(C(=O)N[C@@H]3C[C@H]4CC[C@@H]3N4)[nH]2)c1. The predicted molar refractivity (Wildman–Crippen MR) is 86.5 cm³/mol. The molecule has 1 amide bonds. The number of benzene rings is 1. The van der Waals surface area contributed by atoms with Crippen LogP contribution in [-0.2, 0) is 0 Å². The molecule has 3 atom stereocenters. The van der Waals surface area contributed by atoms with Crippen LogP contribution < -0.4 is 16.4 Å². The third-order valence-electron chi connectivity index (χ3n) is 4.74. The van der Waals surface area contributed by atoms with Crippen molar-refractivity contribution < 1.29 is 4.79 Å². The van der Waals surface area contributed by atoms with Crippen LogP contribution in [0.25, 0.3) is 11.3 Å². The second-order valence-electron chi connectivity index (χ2n) is 6.27. The number of aromatic nitrogens is 1. The lowest BCUT2D eigenvalue weighted by atomic mass is 9.95. The van der Waals surface area contributed by atoms with Gasteiger partial charge in [0.05, 0.1) is 0 Å². The Kier molecular flexibility index (Phi) is 3.15. The molecule has 5 nitrogen and oxygen atoms in total. The van der Waals surface area contributed by atoms with Gasteiger partial charge in [-0.05, 0) is 49.1 Å². The Labute approximate surface area is 129 Å². The van der Waals surface area contributed by atoms with E-state index in [2.05, 4.69) is 15.6 Å². The molecular weight excluding hydrogens is 276 g/mol. The van der Waals surface area contributed by atoms with Crippen LogP contribution in [0, 0.1) is 0 Å². The van der Waals surface area contributed by atoms with Crippen LogP contribution in [0.15, 0.2) is 36.4 Å². The van der Waals surface area contributed by atoms with Crippen molar-refractivity contribution in [1.29, 1.82) is 0 Å². The van der Waals surface area contributed by atoms with E-state index in [0.29, 0.717) is 23.5 Å². The summed E-state index contributed by atoms with van der Waals surface area (Å²) in [6.45, 7) is 0. The van der Waals surface area contributed by atoms with Gasteiger partial charge in [0.2, 0.25) is 0 Å². The summed E-state index contributed by atoms with van der Waals surface area (Å²) in [5.41, 5.74) is 9.01. The number of nitrogens with two attached hydrogens (primary N) is 1. The van der Waals surface area contributed by atoms with Gasteiger partial charge in [-0.25, -0.2) is 0 Å². The molecular formula is C17H20N4O. The van der Waals surface area contributed by atoms with Crippen molar-refractivity contribution in [3.63, 3.8) is 0 Å². The van der Waals surface area contributed by atoms with Crippen molar-refractivity contribution >= 4 is 11.6 Å². The van der Waals surface area contributed by atoms with Crippen LogP contribution in [-0.4, -0.2) is 29.0 Å². The number of nitrogen functional groups attached to an aromatic ring is 1. The van der Waals surface area contributed by atoms with Crippen LogP contribution in [0.4, 0.5) is 5.69 Å². The maximum atomic E-state index is 12.4. The number of amides is 1. The number of nitrogens with one attached hydrogen (secondary N) is 3. The van der Waals surface area contributed by atoms with Gasteiger partial charge in [0, 0.05) is 29.5 Å². The van der Waals surface area contributed by atoms with E-state index in [1.807, 2.05) is 36.4 Å². The van der Waals surface area contributed by atoms with Gasteiger partial charge in [-0.3, -0.25) is 4.79 Å². The van der Waals surface area contributed by atoms with Crippen LogP contribution in [0.3, 0.4) is 0 Å². The quantitative estimate of drug-likeness (QED) is 0.653. The smallest absolute Gasteiger partial charge is 0.267 e. The molecule has 1 aromatic carbocycles. The minimum Gasteiger partial charge on any atom is -0.399 e. The van der Waals surface area contributed by atoms with Gasteiger partial charge in [-0.15, -0.1) is 0 Å². The Morgan fingerprint density at radius 2 is 2.14 bits per heavy atom. The van der Waals surface area contributed by atoms with E-state index in [-0.39, 0.29) is 11.9 Å². The summed E-state index contributed by atoms with van der Waals surface area (Å²) in [6.07, 6.45) is 3.44. The molecule has 5 heteroatoms. The zero-order valence-electron chi connectivity index (χ0n) is 12.3. The van der Waals surface area contributed by atoms with Gasteiger partial charge in [0.25, 0.3) is 5.91 Å². The molecule has 22 heavy (non-hydrogen) atoms. The standard InChI is InChI=1S/C17H20N4O/c18-11-3-1-2-10(8-11)13-6-7-15(20-13)17(22)21-16-9-12-4-5-14(16)19-12/h1-3,6-8,12,14,16,19-20H,4-5,9,18H2,(H,21,22)/t12-,14+,16-/m1/s1. The van der Waals surface area contributed by atoms with Gasteiger partial charge < -0.3 is 21.4 Å². The van der Waals surface area contributed by atoms with Gasteiger partial charge >= 0.3 is 0 Å². The molecule has 1 aromatic heterocycles. The van der Waals surface area contributed by atoms with Crippen molar-refractivity contribution in [2.45, 2.75) is 37.4 Å². The van der Waals surface area contributed by atoms with Crippen LogP contribution in [0.5, 0.6) is 0 Å². The normalized spacial score (nSPS) is 26.3. The summed E-state index contributed by atoms with van der Waals surface area (Å²) < 4.78 is 0. The summed E-state index contributed by atoms with van der Waals surface area (Å²) >= 11 is 0. The van der Waals surface area contributed by atoms with E-state index < -0.39 is 0 Å². The predicted octanol–water partition coefficient (Wildman–Crippen LogP) is 1.89. The molecule has 2 aliphatic rings. The Balaban J connectivity index is 1.48. The largest absolute Gasteiger partial charge is 0.399 e. The summed E-state index contributed by atoms with van der Waals surface area (Å²) in [4.78, 5) is 15.6. The van der Waals surface area contributed by atoms with Crippen molar-refractivity contribution in [3.05, 3.63) is 42.1 Å². The van der Waals surface area contributed by atoms with E-state index >= 15 is 0 Å². The fraction of sp³-hybridized carbons (Fsp3) is 0.353. The van der Waals surface area contributed by atoms with Crippen molar-refractivity contribution in [2.24, 2.45) is 0 Å². The number of hydrogen-bond acceptors (Lipinski definition) is 3. The Morgan fingerprint density at radius 3 is 2.86 bits per heavy atom. The first-order valence-corrected chi connectivity index (χ1v) is 7.81. The highest BCUT2D eigenvalue weighted by molar-refractivity contribution is 5.93. The molecule has 0 unspecified atom stereocenters. The molecule has 0 aliphatic carbocycles. The highest BCUT2D eigenvalue weighted by Gasteiger charge is 2.39. The second-order valence-corrected chi connectivity index (χ2v) is 6.27. The molecule has 2 aromatic rings. The average Bonchev–Trinajstić information content (AvgIpc) is 3.23. The maximum Gasteiger partial charge on any atom is 0.267 e. The van der Waals surface area contributed by atoms with Gasteiger partial charge in [-0.1, -0.05) is 12.1 Å². The van der Waals surface area contributed by atoms with E-state index in [4.69, 9.17) is 5.73 Å². The zero-order chi connectivity index (χ0) is 15.1. The maximum absolute atomic E-state index is 12.4. The average molecular weight is 296 g/mol. The summed E-state index contributed by atoms with van der Waals surface area (Å²) in [6, 6.07) is 12.7. The number of anilines is 1. The molecule has 114 valence electrons. The van der Waals surface area contributed by atoms with Crippen LogP contribution >= 0.6 is 0 Å². The van der Waals surface area contributed by atoms with E-state index in [1.54, 1.807) is 0 Å². The number of H-pyrrole nitrogens is 1. The van der Waals surface area contributed by atoms with Gasteiger partial charge in [0.15, 0.2) is 0 Å². The van der Waals surface area contributed by atoms with Crippen LogP contribution in [0.1, 0.15) is 29.8 Å². The van der Waals surface area contributed by atoms with Crippen molar-refractivity contribution in [2.75, 3.05) is 5.73 Å². The Hall–Kier alpha value is -2.27. The fourth-order valence-electron chi connectivity index (χ4n) is 3.63. The Bertz CT molecular complexity index is 708. The lowest BCUT2D eigenvalue weighted by molar-refractivity contribution is 0.0926. The number of rotatable bonds is 3. The first kappa shape index (κ1) is 13.4. The lowest BCUT2D eigenvalue weighted by Crippen LogP contribution is -2.43. The molecule has 0 radical (unpaired) electrons. The first-order chi connectivity index (χ1) is 10.7. The number of hydrogen-bond donors (Lipinski definition) is 4. The summed E-state index contributed by atoms with van der Waals surface area (Å²) in [5, 5.41) is 6.68. The van der Waals surface area contributed by atoms with Crippen molar-refractivity contribution in [3.8, 4) is 11.3 Å². The number of carbonyl (C=O) groups is 1. The fourth-order valence-corrected chi connectivity index (χ4v) is 3.63. The van der Waals surface area contributed by atoms with E-state index in [9.17, 15) is 4.79 Å².